The SMILES string of the molecule is CC(C)Nc1nc(N)nc2c1ncn2[C@@H]1O[C@H](CO)[C@@H](O)[C@H]1O. The molecule has 3 heterocycles. The van der Waals surface area contributed by atoms with Gasteiger partial charge in [0, 0.05) is 6.04 Å². The van der Waals surface area contributed by atoms with Crippen LogP contribution in [0.15, 0.2) is 6.33 Å². The molecule has 4 atom stereocenters. The Morgan fingerprint density at radius 3 is 2.70 bits per heavy atom. The van der Waals surface area contributed by atoms with Crippen LogP contribution in [0.5, 0.6) is 0 Å². The molecule has 3 rings (SSSR count). The summed E-state index contributed by atoms with van der Waals surface area (Å²) in [6.45, 7) is 3.50. The van der Waals surface area contributed by atoms with Crippen molar-refractivity contribution in [3.05, 3.63) is 6.33 Å². The van der Waals surface area contributed by atoms with E-state index >= 15 is 0 Å². The molecule has 6 N–H and O–H groups in total. The number of aromatic nitrogens is 4. The first-order valence-corrected chi connectivity index (χ1v) is 7.31. The van der Waals surface area contributed by atoms with E-state index in [1.165, 1.54) is 10.9 Å². The van der Waals surface area contributed by atoms with Crippen LogP contribution in [0.25, 0.3) is 11.2 Å². The van der Waals surface area contributed by atoms with E-state index < -0.39 is 31.1 Å². The third kappa shape index (κ3) is 2.70. The molecule has 1 saturated heterocycles. The minimum Gasteiger partial charge on any atom is -0.394 e. The molecule has 0 spiro atoms. The molecule has 0 saturated carbocycles. The maximum Gasteiger partial charge on any atom is 0.224 e. The van der Waals surface area contributed by atoms with Crippen LogP contribution in [-0.2, 0) is 4.74 Å². The Labute approximate surface area is 131 Å². The van der Waals surface area contributed by atoms with Gasteiger partial charge in [0.2, 0.25) is 5.95 Å². The molecular weight excluding hydrogens is 304 g/mol. The van der Waals surface area contributed by atoms with Gasteiger partial charge in [-0.1, -0.05) is 0 Å². The fourth-order valence-corrected chi connectivity index (χ4v) is 2.60. The summed E-state index contributed by atoms with van der Waals surface area (Å²) in [7, 11) is 0. The Morgan fingerprint density at radius 2 is 2.09 bits per heavy atom. The molecular formula is C13H20N6O4. The number of rotatable bonds is 4. The quantitative estimate of drug-likeness (QED) is 0.469. The van der Waals surface area contributed by atoms with E-state index in [4.69, 9.17) is 10.5 Å². The number of imidazole rings is 1. The summed E-state index contributed by atoms with van der Waals surface area (Å²) < 4.78 is 6.97. The summed E-state index contributed by atoms with van der Waals surface area (Å²) in [6, 6.07) is 0.117. The van der Waals surface area contributed by atoms with Crippen LogP contribution in [0.2, 0.25) is 0 Å². The first kappa shape index (κ1) is 15.9. The summed E-state index contributed by atoms with van der Waals surface area (Å²) in [6.07, 6.45) is -2.78. The Kier molecular flexibility index (Phi) is 4.06. The number of nitrogens with two attached hydrogens (primary N) is 1. The molecule has 0 bridgehead atoms. The van der Waals surface area contributed by atoms with Crippen LogP contribution in [0.3, 0.4) is 0 Å². The molecule has 10 heteroatoms. The molecule has 23 heavy (non-hydrogen) atoms. The van der Waals surface area contributed by atoms with Crippen LogP contribution >= 0.6 is 0 Å². The number of nitrogens with one attached hydrogen (secondary N) is 1. The second-order valence-electron chi connectivity index (χ2n) is 5.78. The number of nitrogens with zero attached hydrogens (tertiary/aromatic N) is 4. The molecule has 10 nitrogen and oxygen atoms in total. The second kappa shape index (κ2) is 5.89. The summed E-state index contributed by atoms with van der Waals surface area (Å²) in [5.74, 6) is 0.530. The highest BCUT2D eigenvalue weighted by atomic mass is 16.6. The lowest BCUT2D eigenvalue weighted by molar-refractivity contribution is -0.0511. The summed E-state index contributed by atoms with van der Waals surface area (Å²) in [5.41, 5.74) is 6.59. The van der Waals surface area contributed by atoms with Crippen LogP contribution in [0.1, 0.15) is 20.1 Å². The van der Waals surface area contributed by atoms with E-state index in [1.807, 2.05) is 13.8 Å². The predicted octanol–water partition coefficient (Wildman–Crippen LogP) is -1.16. The average molecular weight is 324 g/mol. The Balaban J connectivity index is 2.04. The molecule has 0 aromatic carbocycles. The number of aliphatic hydroxyl groups excluding tert-OH is 3. The van der Waals surface area contributed by atoms with E-state index in [0.717, 1.165) is 0 Å². The van der Waals surface area contributed by atoms with E-state index in [0.29, 0.717) is 17.0 Å². The van der Waals surface area contributed by atoms with Gasteiger partial charge in [-0.25, -0.2) is 4.98 Å². The Morgan fingerprint density at radius 1 is 1.35 bits per heavy atom. The van der Waals surface area contributed by atoms with Crippen molar-refractivity contribution in [2.75, 3.05) is 17.7 Å². The standard InChI is InChI=1S/C13H20N6O4/c1-5(2)16-10-7-11(18-13(14)17-10)19(4-15-7)12-9(22)8(21)6(3-20)23-12/h4-6,8-9,12,20-22H,3H2,1-2H3,(H3,14,16,17,18)/t6-,8-,9-,12-/m1/s1. The van der Waals surface area contributed by atoms with Crippen molar-refractivity contribution in [3.8, 4) is 0 Å². The maximum atomic E-state index is 10.1. The van der Waals surface area contributed by atoms with Crippen LogP contribution in [0, 0.1) is 0 Å². The molecule has 0 unspecified atom stereocenters. The van der Waals surface area contributed by atoms with Gasteiger partial charge in [0.25, 0.3) is 0 Å². The van der Waals surface area contributed by atoms with Crippen molar-refractivity contribution in [2.24, 2.45) is 0 Å². The number of aliphatic hydroxyl groups is 3. The van der Waals surface area contributed by atoms with Gasteiger partial charge >= 0.3 is 0 Å². The second-order valence-corrected chi connectivity index (χ2v) is 5.78. The number of ether oxygens (including phenoxy) is 1. The molecule has 0 aliphatic carbocycles. The van der Waals surface area contributed by atoms with Crippen molar-refractivity contribution in [2.45, 2.75) is 44.4 Å². The van der Waals surface area contributed by atoms with Crippen LogP contribution < -0.4 is 11.1 Å². The summed E-state index contributed by atoms with van der Waals surface area (Å²) in [5, 5.41) is 32.4. The molecule has 0 amide bonds. The minimum atomic E-state index is -1.22. The van der Waals surface area contributed by atoms with Crippen molar-refractivity contribution >= 4 is 22.9 Å². The van der Waals surface area contributed by atoms with Gasteiger partial charge in [-0.15, -0.1) is 0 Å². The summed E-state index contributed by atoms with van der Waals surface area (Å²) in [4.78, 5) is 12.5. The Bertz CT molecular complexity index is 705. The van der Waals surface area contributed by atoms with Gasteiger partial charge in [-0.05, 0) is 13.8 Å². The predicted molar refractivity (Wildman–Crippen MR) is 81.5 cm³/mol. The Hall–Kier alpha value is -2.01. The minimum absolute atomic E-state index is 0.0501. The number of nitrogen functional groups attached to an aromatic ring is 1. The topological polar surface area (TPSA) is 152 Å². The number of anilines is 2. The van der Waals surface area contributed by atoms with Crippen LogP contribution in [0.4, 0.5) is 11.8 Å². The highest BCUT2D eigenvalue weighted by Crippen LogP contribution is 2.32. The van der Waals surface area contributed by atoms with Crippen molar-refractivity contribution in [1.82, 2.24) is 19.5 Å². The fourth-order valence-electron chi connectivity index (χ4n) is 2.60. The van der Waals surface area contributed by atoms with E-state index in [1.54, 1.807) is 0 Å². The van der Waals surface area contributed by atoms with Gasteiger partial charge in [0.05, 0.1) is 12.9 Å². The normalized spacial score (nSPS) is 27.9. The van der Waals surface area contributed by atoms with Crippen molar-refractivity contribution in [1.29, 1.82) is 0 Å². The lowest BCUT2D eigenvalue weighted by Gasteiger charge is -2.17. The monoisotopic (exact) mass is 324 g/mol. The van der Waals surface area contributed by atoms with Gasteiger partial charge in [-0.2, -0.15) is 9.97 Å². The highest BCUT2D eigenvalue weighted by molar-refractivity contribution is 5.84. The lowest BCUT2D eigenvalue weighted by Crippen LogP contribution is -2.33. The first-order valence-electron chi connectivity index (χ1n) is 7.31. The zero-order chi connectivity index (χ0) is 16.7. The zero-order valence-electron chi connectivity index (χ0n) is 12.8. The zero-order valence-corrected chi connectivity index (χ0v) is 12.8. The van der Waals surface area contributed by atoms with Gasteiger partial charge in [0.15, 0.2) is 23.2 Å². The van der Waals surface area contributed by atoms with Crippen molar-refractivity contribution in [3.63, 3.8) is 0 Å². The van der Waals surface area contributed by atoms with Crippen molar-refractivity contribution < 1.29 is 20.1 Å². The molecule has 1 fully saturated rings. The largest absolute Gasteiger partial charge is 0.394 e. The van der Waals surface area contributed by atoms with Gasteiger partial charge < -0.3 is 31.1 Å². The molecule has 2 aromatic rings. The van der Waals surface area contributed by atoms with Gasteiger partial charge in [-0.3, -0.25) is 4.57 Å². The highest BCUT2D eigenvalue weighted by Gasteiger charge is 2.44. The fraction of sp³-hybridized carbons (Fsp3) is 0.615. The van der Waals surface area contributed by atoms with E-state index in [9.17, 15) is 15.3 Å². The number of fused-ring (bicyclic) bond motifs is 1. The van der Waals surface area contributed by atoms with E-state index in [2.05, 4.69) is 20.3 Å². The molecule has 1 aliphatic rings. The van der Waals surface area contributed by atoms with E-state index in [-0.39, 0.29) is 12.0 Å². The first-order chi connectivity index (χ1) is 10.9. The molecule has 1 aliphatic heterocycles. The third-order valence-electron chi connectivity index (χ3n) is 3.66. The third-order valence-corrected chi connectivity index (χ3v) is 3.66. The average Bonchev–Trinajstić information content (AvgIpc) is 3.01. The summed E-state index contributed by atoms with van der Waals surface area (Å²) >= 11 is 0. The molecule has 0 radical (unpaired) electrons. The maximum absolute atomic E-state index is 10.1. The van der Waals surface area contributed by atoms with Crippen LogP contribution in [-0.4, -0.2) is 65.8 Å². The molecule has 2 aromatic heterocycles. The van der Waals surface area contributed by atoms with Gasteiger partial charge in [0.1, 0.15) is 18.3 Å². The smallest absolute Gasteiger partial charge is 0.224 e. The number of hydrogen-bond donors (Lipinski definition) is 5. The molecule has 126 valence electrons. The lowest BCUT2D eigenvalue weighted by atomic mass is 10.1. The number of hydrogen-bond acceptors (Lipinski definition) is 9.